The topological polar surface area (TPSA) is 74.6 Å². The SMILES string of the molecule is C[C@]12CC[C@@H]3c4ccc(O)cc4C(=O)[C@@H](CCCCCCCCCS(=O)CCCC(F)(F)C(F)(F)F)[C@H]3[C@@H]1CC[C@@H]2O. The van der Waals surface area contributed by atoms with Crippen LogP contribution < -0.4 is 0 Å². The number of phenols is 1. The van der Waals surface area contributed by atoms with Crippen LogP contribution in [0.1, 0.15) is 119 Å². The molecule has 3 aliphatic carbocycles. The van der Waals surface area contributed by atoms with Gasteiger partial charge in [-0.05, 0) is 85.8 Å². The largest absolute Gasteiger partial charge is 0.508 e. The molecule has 2 N–H and O–H groups in total. The minimum Gasteiger partial charge on any atom is -0.508 e. The predicted molar refractivity (Wildman–Crippen MR) is 153 cm³/mol. The second-order valence-corrected chi connectivity index (χ2v) is 14.8. The van der Waals surface area contributed by atoms with Crippen LogP contribution in [0.3, 0.4) is 0 Å². The smallest absolute Gasteiger partial charge is 0.453 e. The number of carbonyl (C=O) groups is 1. The van der Waals surface area contributed by atoms with Gasteiger partial charge in [-0.1, -0.05) is 51.5 Å². The van der Waals surface area contributed by atoms with Gasteiger partial charge in [0.1, 0.15) is 5.75 Å². The maximum atomic E-state index is 13.8. The van der Waals surface area contributed by atoms with E-state index in [1.807, 2.05) is 6.07 Å². The van der Waals surface area contributed by atoms with Crippen molar-refractivity contribution in [3.8, 4) is 5.75 Å². The molecule has 3 aliphatic rings. The zero-order chi connectivity index (χ0) is 30.7. The second-order valence-electron chi connectivity index (χ2n) is 13.1. The van der Waals surface area contributed by atoms with Crippen molar-refractivity contribution in [2.24, 2.45) is 23.2 Å². The standard InChI is InChI=1S/C32H45F5O4S/c1-30-17-15-23-22-12-11-21(38)20-25(22)29(40)24(28(23)26(30)13-14-27(30)39)10-7-5-3-2-4-6-8-18-42(41)19-9-16-31(33,34)32(35,36)37/h11-12,20,23-24,26-28,38-39H,2-10,13-19H2,1H3/t23-,24+,26+,27+,28+,30+,42?/m1/s1. The van der Waals surface area contributed by atoms with E-state index < -0.39 is 35.7 Å². The fourth-order valence-corrected chi connectivity index (χ4v) is 9.28. The summed E-state index contributed by atoms with van der Waals surface area (Å²) >= 11 is 0. The number of aliphatic hydroxyl groups is 1. The maximum absolute atomic E-state index is 13.8. The van der Waals surface area contributed by atoms with Crippen LogP contribution >= 0.6 is 0 Å². The highest BCUT2D eigenvalue weighted by Gasteiger charge is 2.58. The molecule has 0 bridgehead atoms. The number of aliphatic hydroxyl groups excluding tert-OH is 1. The van der Waals surface area contributed by atoms with Gasteiger partial charge in [0.05, 0.1) is 6.10 Å². The summed E-state index contributed by atoms with van der Waals surface area (Å²) < 4.78 is 74.5. The number of benzene rings is 1. The van der Waals surface area contributed by atoms with Gasteiger partial charge in [-0.15, -0.1) is 0 Å². The van der Waals surface area contributed by atoms with Gasteiger partial charge in [-0.2, -0.15) is 22.0 Å². The molecule has 1 aromatic rings. The van der Waals surface area contributed by atoms with Gasteiger partial charge >= 0.3 is 12.1 Å². The molecule has 0 heterocycles. The minimum atomic E-state index is -5.56. The molecule has 1 unspecified atom stereocenters. The van der Waals surface area contributed by atoms with Crippen LogP contribution in [-0.2, 0) is 10.8 Å². The van der Waals surface area contributed by atoms with Gasteiger partial charge in [0.15, 0.2) is 5.78 Å². The molecule has 238 valence electrons. The third-order valence-corrected chi connectivity index (χ3v) is 11.9. The van der Waals surface area contributed by atoms with Crippen LogP contribution in [0.25, 0.3) is 0 Å². The van der Waals surface area contributed by atoms with E-state index in [-0.39, 0.29) is 46.6 Å². The van der Waals surface area contributed by atoms with Crippen molar-refractivity contribution in [2.45, 2.75) is 121 Å². The molecule has 4 rings (SSSR count). The van der Waals surface area contributed by atoms with Gasteiger partial charge < -0.3 is 10.2 Å². The normalized spacial score (nSPS) is 30.1. The van der Waals surface area contributed by atoms with E-state index in [0.717, 1.165) is 76.2 Å². The van der Waals surface area contributed by atoms with Gasteiger partial charge in [0.25, 0.3) is 0 Å². The van der Waals surface area contributed by atoms with Gasteiger partial charge in [-0.3, -0.25) is 9.00 Å². The summed E-state index contributed by atoms with van der Waals surface area (Å²) in [5, 5.41) is 20.9. The van der Waals surface area contributed by atoms with Crippen molar-refractivity contribution in [1.29, 1.82) is 0 Å². The van der Waals surface area contributed by atoms with Gasteiger partial charge in [0.2, 0.25) is 0 Å². The van der Waals surface area contributed by atoms with E-state index in [1.54, 1.807) is 12.1 Å². The van der Waals surface area contributed by atoms with Crippen molar-refractivity contribution >= 4 is 16.6 Å². The maximum Gasteiger partial charge on any atom is 0.453 e. The van der Waals surface area contributed by atoms with Crippen LogP contribution in [0.5, 0.6) is 5.75 Å². The number of hydrogen-bond donors (Lipinski definition) is 2. The molecule has 7 atom stereocenters. The third kappa shape index (κ3) is 7.22. The molecule has 0 saturated heterocycles. The van der Waals surface area contributed by atoms with Crippen LogP contribution in [0.2, 0.25) is 0 Å². The molecular formula is C32H45F5O4S. The first-order valence-corrected chi connectivity index (χ1v) is 17.1. The highest BCUT2D eigenvalue weighted by molar-refractivity contribution is 7.84. The number of unbranched alkanes of at least 4 members (excludes halogenated alkanes) is 6. The number of phenolic OH excluding ortho intramolecular Hbond substituents is 1. The average molecular weight is 621 g/mol. The first-order chi connectivity index (χ1) is 19.8. The van der Waals surface area contributed by atoms with Crippen molar-refractivity contribution in [3.05, 3.63) is 29.3 Å². The fraction of sp³-hybridized carbons (Fsp3) is 0.781. The molecule has 0 radical (unpaired) electrons. The molecule has 42 heavy (non-hydrogen) atoms. The van der Waals surface area contributed by atoms with Gasteiger partial charge in [-0.25, -0.2) is 0 Å². The number of halogens is 5. The van der Waals surface area contributed by atoms with E-state index in [9.17, 15) is 41.2 Å². The Balaban J connectivity index is 1.19. The summed E-state index contributed by atoms with van der Waals surface area (Å²) in [6.45, 7) is 2.20. The summed E-state index contributed by atoms with van der Waals surface area (Å²) in [4.78, 5) is 13.8. The average Bonchev–Trinajstić information content (AvgIpc) is 3.22. The highest BCUT2D eigenvalue weighted by Crippen LogP contribution is 2.62. The number of ketones is 1. The Bertz CT molecular complexity index is 1110. The third-order valence-electron chi connectivity index (χ3n) is 10.5. The Labute approximate surface area is 248 Å². The molecular weight excluding hydrogens is 575 g/mol. The van der Waals surface area contributed by atoms with Crippen molar-refractivity contribution in [3.63, 3.8) is 0 Å². The summed E-state index contributed by atoms with van der Waals surface area (Å²) in [5.41, 5.74) is 1.57. The summed E-state index contributed by atoms with van der Waals surface area (Å²) in [6, 6.07) is 5.23. The Kier molecular flexibility index (Phi) is 10.8. The first-order valence-electron chi connectivity index (χ1n) is 15.6. The molecule has 0 amide bonds. The fourth-order valence-electron chi connectivity index (χ4n) is 8.08. The number of fused-ring (bicyclic) bond motifs is 5. The van der Waals surface area contributed by atoms with E-state index in [0.29, 0.717) is 23.7 Å². The zero-order valence-electron chi connectivity index (χ0n) is 24.4. The van der Waals surface area contributed by atoms with Crippen LogP contribution in [0.4, 0.5) is 22.0 Å². The quantitative estimate of drug-likeness (QED) is 0.162. The molecule has 4 nitrogen and oxygen atoms in total. The van der Waals surface area contributed by atoms with Crippen LogP contribution in [0.15, 0.2) is 18.2 Å². The van der Waals surface area contributed by atoms with Crippen LogP contribution in [0, 0.1) is 23.2 Å². The molecule has 0 aromatic heterocycles. The molecule has 2 saturated carbocycles. The Morgan fingerprint density at radius 1 is 0.929 bits per heavy atom. The lowest BCUT2D eigenvalue weighted by molar-refractivity contribution is -0.284. The Morgan fingerprint density at radius 3 is 2.26 bits per heavy atom. The number of Topliss-reactive ketones (excluding diaryl/α,β-unsaturated/α-hetero) is 1. The second kappa shape index (κ2) is 13.6. The zero-order valence-corrected chi connectivity index (χ0v) is 25.3. The number of alkyl halides is 5. The molecule has 0 aliphatic heterocycles. The molecule has 10 heteroatoms. The molecule has 1 aromatic carbocycles. The monoisotopic (exact) mass is 620 g/mol. The lowest BCUT2D eigenvalue weighted by atomic mass is 9.51. The lowest BCUT2D eigenvalue weighted by Crippen LogP contribution is -2.49. The van der Waals surface area contributed by atoms with Crippen LogP contribution in [-0.4, -0.2) is 49.9 Å². The summed E-state index contributed by atoms with van der Waals surface area (Å²) in [7, 11) is -1.39. The van der Waals surface area contributed by atoms with Crippen molar-refractivity contribution in [2.75, 3.05) is 11.5 Å². The number of aromatic hydroxyl groups is 1. The Morgan fingerprint density at radius 2 is 1.57 bits per heavy atom. The van der Waals surface area contributed by atoms with Crippen molar-refractivity contribution < 1.29 is 41.2 Å². The molecule has 2 fully saturated rings. The molecule has 0 spiro atoms. The highest BCUT2D eigenvalue weighted by atomic mass is 32.2. The van der Waals surface area contributed by atoms with E-state index in [2.05, 4.69) is 6.92 Å². The lowest BCUT2D eigenvalue weighted by Gasteiger charge is -2.52. The number of rotatable bonds is 14. The number of carbonyl (C=O) groups excluding carboxylic acids is 1. The van der Waals surface area contributed by atoms with E-state index in [4.69, 9.17) is 0 Å². The Hall–Kier alpha value is -1.55. The number of hydrogen-bond acceptors (Lipinski definition) is 4. The van der Waals surface area contributed by atoms with E-state index in [1.165, 1.54) is 0 Å². The van der Waals surface area contributed by atoms with Crippen molar-refractivity contribution in [1.82, 2.24) is 0 Å². The summed E-state index contributed by atoms with van der Waals surface area (Å²) in [5.74, 6) is -3.62. The minimum absolute atomic E-state index is 0.106. The van der Waals surface area contributed by atoms with E-state index >= 15 is 0 Å². The summed E-state index contributed by atoms with van der Waals surface area (Å²) in [6.07, 6.45) is 3.10. The predicted octanol–water partition coefficient (Wildman–Crippen LogP) is 8.32. The first kappa shape index (κ1) is 33.3. The van der Waals surface area contributed by atoms with Gasteiger partial charge in [0, 0.05) is 40.2 Å².